The summed E-state index contributed by atoms with van der Waals surface area (Å²) >= 11 is 22.6. The van der Waals surface area contributed by atoms with Crippen LogP contribution >= 0.6 is 46.4 Å². The van der Waals surface area contributed by atoms with Crippen molar-refractivity contribution >= 4 is 58.3 Å². The van der Waals surface area contributed by atoms with E-state index in [0.29, 0.717) is 0 Å². The van der Waals surface area contributed by atoms with E-state index in [2.05, 4.69) is 0 Å². The summed E-state index contributed by atoms with van der Waals surface area (Å²) in [6.45, 7) is 0. The van der Waals surface area contributed by atoms with Gasteiger partial charge in [0, 0.05) is 11.5 Å². The molecule has 4 nitrogen and oxygen atoms in total. The third-order valence-electron chi connectivity index (χ3n) is 1.95. The Morgan fingerprint density at radius 1 is 1.00 bits per heavy atom. The molecule has 0 bridgehead atoms. The van der Waals surface area contributed by atoms with E-state index in [1.807, 2.05) is 0 Å². The van der Waals surface area contributed by atoms with Crippen molar-refractivity contribution in [1.82, 2.24) is 0 Å². The largest absolute Gasteiger partial charge is 0.478 e. The third-order valence-corrected chi connectivity index (χ3v) is 3.65. The first-order valence-electron chi connectivity index (χ1n) is 4.07. The second-order valence-corrected chi connectivity index (χ2v) is 4.58. The van der Waals surface area contributed by atoms with Gasteiger partial charge in [0.25, 0.3) is 0 Å². The van der Waals surface area contributed by atoms with Gasteiger partial charge in [-0.2, -0.15) is 0 Å². The molecule has 1 aliphatic rings. The lowest BCUT2D eigenvalue weighted by atomic mass is 10.1. The number of hydrogen-bond acceptors (Lipinski definition) is 2. The molecular formula is C9H4Cl4O4. The van der Waals surface area contributed by atoms with Crippen LogP contribution < -0.4 is 0 Å². The van der Waals surface area contributed by atoms with Gasteiger partial charge in [-0.25, -0.2) is 9.59 Å². The maximum Gasteiger partial charge on any atom is 0.348 e. The van der Waals surface area contributed by atoms with E-state index >= 15 is 0 Å². The van der Waals surface area contributed by atoms with Crippen LogP contribution in [0, 0.1) is 0 Å². The standard InChI is InChI=1S/C9H4Cl4O4/c10-3-1-2(5(11)6(3)12)4(8(14)15)7(13)9(16)17/h1H2,(H,14,15)(H,16,17)/b7-4+. The van der Waals surface area contributed by atoms with Gasteiger partial charge < -0.3 is 10.2 Å². The molecular weight excluding hydrogens is 314 g/mol. The molecule has 92 valence electrons. The summed E-state index contributed by atoms with van der Waals surface area (Å²) in [6, 6.07) is 0. The molecule has 0 saturated heterocycles. The van der Waals surface area contributed by atoms with E-state index in [0.717, 1.165) is 0 Å². The maximum absolute atomic E-state index is 11.0. The zero-order valence-corrected chi connectivity index (χ0v) is 11.0. The highest BCUT2D eigenvalue weighted by molar-refractivity contribution is 6.50. The summed E-state index contributed by atoms with van der Waals surface area (Å²) in [6.07, 6.45) is -0.0651. The topological polar surface area (TPSA) is 74.6 Å². The Bertz CT molecular complexity index is 501. The summed E-state index contributed by atoms with van der Waals surface area (Å²) in [5.74, 6) is -3.08. The lowest BCUT2D eigenvalue weighted by Crippen LogP contribution is -2.10. The highest BCUT2D eigenvalue weighted by atomic mass is 35.5. The zero-order chi connectivity index (χ0) is 13.3. The van der Waals surface area contributed by atoms with Gasteiger partial charge >= 0.3 is 11.9 Å². The zero-order valence-electron chi connectivity index (χ0n) is 7.93. The highest BCUT2D eigenvalue weighted by Gasteiger charge is 2.30. The molecule has 1 aliphatic carbocycles. The van der Waals surface area contributed by atoms with Gasteiger partial charge in [0.1, 0.15) is 5.03 Å². The van der Waals surface area contributed by atoms with Crippen molar-refractivity contribution < 1.29 is 19.8 Å². The van der Waals surface area contributed by atoms with Crippen LogP contribution in [0.4, 0.5) is 0 Å². The Kier molecular flexibility index (Phi) is 4.49. The Hall–Kier alpha value is -0.680. The molecule has 0 aromatic rings. The van der Waals surface area contributed by atoms with Gasteiger partial charge in [-0.1, -0.05) is 46.4 Å². The van der Waals surface area contributed by atoms with Crippen molar-refractivity contribution in [3.05, 3.63) is 31.3 Å². The van der Waals surface area contributed by atoms with Crippen molar-refractivity contribution in [3.8, 4) is 0 Å². The summed E-state index contributed by atoms with van der Waals surface area (Å²) in [4.78, 5) is 21.7. The smallest absolute Gasteiger partial charge is 0.348 e. The quantitative estimate of drug-likeness (QED) is 0.784. The van der Waals surface area contributed by atoms with Crippen molar-refractivity contribution in [2.75, 3.05) is 0 Å². The molecule has 0 saturated carbocycles. The average Bonchev–Trinajstić information content (AvgIpc) is 2.46. The average molecular weight is 318 g/mol. The first-order chi connectivity index (χ1) is 7.77. The van der Waals surface area contributed by atoms with Crippen LogP contribution in [-0.4, -0.2) is 22.2 Å². The Morgan fingerprint density at radius 2 is 1.53 bits per heavy atom. The monoisotopic (exact) mass is 316 g/mol. The molecule has 0 heterocycles. The number of carboxylic acids is 2. The van der Waals surface area contributed by atoms with Gasteiger partial charge in [-0.3, -0.25) is 0 Å². The van der Waals surface area contributed by atoms with Crippen molar-refractivity contribution in [1.29, 1.82) is 0 Å². The molecule has 0 fully saturated rings. The molecule has 1 rings (SSSR count). The fourth-order valence-corrected chi connectivity index (χ4v) is 2.15. The maximum atomic E-state index is 11.0. The summed E-state index contributed by atoms with van der Waals surface area (Å²) in [5, 5.41) is 16.8. The van der Waals surface area contributed by atoms with Crippen molar-refractivity contribution in [2.24, 2.45) is 0 Å². The fraction of sp³-hybridized carbons (Fsp3) is 0.111. The minimum Gasteiger partial charge on any atom is -0.478 e. The minimum absolute atomic E-state index is 0.00283. The van der Waals surface area contributed by atoms with Crippen LogP contribution in [0.5, 0.6) is 0 Å². The molecule has 0 amide bonds. The van der Waals surface area contributed by atoms with Gasteiger partial charge in [-0.05, 0) is 5.57 Å². The van der Waals surface area contributed by atoms with Crippen molar-refractivity contribution in [3.63, 3.8) is 0 Å². The molecule has 17 heavy (non-hydrogen) atoms. The summed E-state index contributed by atoms with van der Waals surface area (Å²) < 4.78 is 0. The molecule has 8 heteroatoms. The van der Waals surface area contributed by atoms with Crippen molar-refractivity contribution in [2.45, 2.75) is 6.42 Å². The predicted molar refractivity (Wildman–Crippen MR) is 64.4 cm³/mol. The van der Waals surface area contributed by atoms with Gasteiger partial charge in [0.2, 0.25) is 0 Å². The molecule has 0 aliphatic heterocycles. The molecule has 0 spiro atoms. The number of aliphatic carboxylic acids is 2. The van der Waals surface area contributed by atoms with Crippen LogP contribution in [0.25, 0.3) is 0 Å². The number of hydrogen-bond donors (Lipinski definition) is 2. The van der Waals surface area contributed by atoms with E-state index in [1.54, 1.807) is 0 Å². The molecule has 2 N–H and O–H groups in total. The molecule has 0 atom stereocenters. The molecule has 0 radical (unpaired) electrons. The Morgan fingerprint density at radius 3 is 1.82 bits per heavy atom. The van der Waals surface area contributed by atoms with Crippen LogP contribution in [0.3, 0.4) is 0 Å². The number of carbonyl (C=O) groups is 2. The molecule has 0 unspecified atom stereocenters. The molecule has 0 aromatic carbocycles. The van der Waals surface area contributed by atoms with E-state index in [4.69, 9.17) is 56.6 Å². The van der Waals surface area contributed by atoms with E-state index < -0.39 is 22.5 Å². The summed E-state index contributed by atoms with van der Waals surface area (Å²) in [7, 11) is 0. The van der Waals surface area contributed by atoms with Crippen LogP contribution in [0.2, 0.25) is 0 Å². The second-order valence-electron chi connectivity index (χ2n) is 2.99. The predicted octanol–water partition coefficient (Wildman–Crippen LogP) is 3.23. The summed E-state index contributed by atoms with van der Waals surface area (Å²) in [5.41, 5.74) is -0.625. The normalized spacial score (nSPS) is 17.4. The number of halogens is 4. The SMILES string of the molecule is O=C(O)/C(Cl)=C(\C(=O)O)C1=C(Cl)C(Cl)=C(Cl)C1. The second kappa shape index (κ2) is 5.31. The molecule has 0 aromatic heterocycles. The van der Waals surface area contributed by atoms with Crippen LogP contribution in [0.1, 0.15) is 6.42 Å². The Balaban J connectivity index is 3.38. The first kappa shape index (κ1) is 14.4. The third kappa shape index (κ3) is 2.77. The number of carboxylic acid groups (broad SMARTS) is 2. The van der Waals surface area contributed by atoms with Crippen LogP contribution in [-0.2, 0) is 9.59 Å². The lowest BCUT2D eigenvalue weighted by molar-refractivity contribution is -0.135. The number of allylic oxidation sites excluding steroid dienone is 3. The van der Waals surface area contributed by atoms with Gasteiger partial charge in [0.15, 0.2) is 0 Å². The van der Waals surface area contributed by atoms with E-state index in [1.165, 1.54) is 0 Å². The van der Waals surface area contributed by atoms with Crippen LogP contribution in [0.15, 0.2) is 31.3 Å². The highest BCUT2D eigenvalue weighted by Crippen LogP contribution is 2.43. The van der Waals surface area contributed by atoms with Gasteiger partial charge in [-0.15, -0.1) is 0 Å². The lowest BCUT2D eigenvalue weighted by Gasteiger charge is -2.06. The minimum atomic E-state index is -1.57. The number of rotatable bonds is 3. The fourth-order valence-electron chi connectivity index (χ4n) is 1.22. The first-order valence-corrected chi connectivity index (χ1v) is 5.58. The van der Waals surface area contributed by atoms with E-state index in [-0.39, 0.29) is 27.1 Å². The Labute approximate surface area is 116 Å². The van der Waals surface area contributed by atoms with E-state index in [9.17, 15) is 9.59 Å². The van der Waals surface area contributed by atoms with Gasteiger partial charge in [0.05, 0.1) is 15.6 Å².